The zero-order chi connectivity index (χ0) is 13.8. The standard InChI is InChI=1S/C15H16O4/c1-19-15(18)11-8-6-10(7-9-11)14(17)12-4-2-3-5-13(12)16/h3,5-9,12,14,17H,2,4H2,1H3/t12-,14+/m1/s1. The van der Waals surface area contributed by atoms with E-state index < -0.39 is 18.0 Å². The summed E-state index contributed by atoms with van der Waals surface area (Å²) in [6, 6.07) is 6.49. The first-order valence-electron chi connectivity index (χ1n) is 6.20. The van der Waals surface area contributed by atoms with Crippen molar-refractivity contribution < 1.29 is 19.4 Å². The lowest BCUT2D eigenvalue weighted by atomic mass is 9.85. The highest BCUT2D eigenvalue weighted by atomic mass is 16.5. The number of hydrogen-bond donors (Lipinski definition) is 1. The largest absolute Gasteiger partial charge is 0.465 e. The van der Waals surface area contributed by atoms with E-state index in [0.717, 1.165) is 6.42 Å². The number of aliphatic hydroxyl groups excluding tert-OH is 1. The molecule has 19 heavy (non-hydrogen) atoms. The van der Waals surface area contributed by atoms with Gasteiger partial charge in [-0.2, -0.15) is 0 Å². The molecular formula is C15H16O4. The summed E-state index contributed by atoms with van der Waals surface area (Å²) >= 11 is 0. The molecule has 0 bridgehead atoms. The zero-order valence-corrected chi connectivity index (χ0v) is 10.7. The van der Waals surface area contributed by atoms with E-state index in [1.807, 2.05) is 6.08 Å². The van der Waals surface area contributed by atoms with Crippen molar-refractivity contribution in [3.63, 3.8) is 0 Å². The van der Waals surface area contributed by atoms with Crippen molar-refractivity contribution in [3.8, 4) is 0 Å². The number of methoxy groups -OCH3 is 1. The zero-order valence-electron chi connectivity index (χ0n) is 10.7. The molecule has 0 heterocycles. The van der Waals surface area contributed by atoms with Gasteiger partial charge in [0.1, 0.15) is 0 Å². The molecule has 2 atom stereocenters. The number of carbonyl (C=O) groups is 2. The van der Waals surface area contributed by atoms with E-state index in [1.54, 1.807) is 24.3 Å². The number of aliphatic hydroxyl groups is 1. The van der Waals surface area contributed by atoms with Crippen LogP contribution in [0.5, 0.6) is 0 Å². The molecule has 4 heteroatoms. The molecule has 0 spiro atoms. The average molecular weight is 260 g/mol. The SMILES string of the molecule is COC(=O)c1ccc([C@H](O)[C@@H]2CCC=CC2=O)cc1. The number of allylic oxidation sites excluding steroid dienone is 2. The molecule has 0 fully saturated rings. The highest BCUT2D eigenvalue weighted by Gasteiger charge is 2.27. The van der Waals surface area contributed by atoms with E-state index in [2.05, 4.69) is 4.74 Å². The van der Waals surface area contributed by atoms with Gasteiger partial charge in [-0.3, -0.25) is 4.79 Å². The van der Waals surface area contributed by atoms with Crippen LogP contribution in [-0.4, -0.2) is 24.0 Å². The third kappa shape index (κ3) is 2.90. The van der Waals surface area contributed by atoms with Gasteiger partial charge >= 0.3 is 5.97 Å². The maximum Gasteiger partial charge on any atom is 0.337 e. The second kappa shape index (κ2) is 5.80. The monoisotopic (exact) mass is 260 g/mol. The Balaban J connectivity index is 2.15. The van der Waals surface area contributed by atoms with Crippen molar-refractivity contribution in [2.45, 2.75) is 18.9 Å². The number of benzene rings is 1. The third-order valence-electron chi connectivity index (χ3n) is 3.35. The highest BCUT2D eigenvalue weighted by Crippen LogP contribution is 2.29. The van der Waals surface area contributed by atoms with Crippen LogP contribution in [-0.2, 0) is 9.53 Å². The van der Waals surface area contributed by atoms with E-state index in [4.69, 9.17) is 0 Å². The van der Waals surface area contributed by atoms with Gasteiger partial charge in [-0.05, 0) is 36.6 Å². The fourth-order valence-electron chi connectivity index (χ4n) is 2.22. The summed E-state index contributed by atoms with van der Waals surface area (Å²) < 4.78 is 4.61. The van der Waals surface area contributed by atoms with Gasteiger partial charge in [-0.1, -0.05) is 18.2 Å². The predicted octanol–water partition coefficient (Wildman–Crippen LogP) is 2.04. The van der Waals surface area contributed by atoms with Crippen molar-refractivity contribution in [1.29, 1.82) is 0 Å². The number of carbonyl (C=O) groups excluding carboxylic acids is 2. The number of esters is 1. The lowest BCUT2D eigenvalue weighted by Crippen LogP contribution is -2.23. The molecule has 0 aromatic heterocycles. The Labute approximate surface area is 111 Å². The Hall–Kier alpha value is -1.94. The summed E-state index contributed by atoms with van der Waals surface area (Å²) in [4.78, 5) is 23.0. The molecule has 1 N–H and O–H groups in total. The van der Waals surface area contributed by atoms with E-state index in [0.29, 0.717) is 17.5 Å². The molecule has 1 aliphatic carbocycles. The number of hydrogen-bond acceptors (Lipinski definition) is 4. The maximum atomic E-state index is 11.7. The van der Waals surface area contributed by atoms with E-state index in [1.165, 1.54) is 13.2 Å². The van der Waals surface area contributed by atoms with Crippen LogP contribution in [0.2, 0.25) is 0 Å². The molecule has 2 rings (SSSR count). The molecule has 0 saturated carbocycles. The Bertz CT molecular complexity index is 501. The minimum absolute atomic E-state index is 0.0456. The van der Waals surface area contributed by atoms with Crippen molar-refractivity contribution in [2.75, 3.05) is 7.11 Å². The molecule has 0 unspecified atom stereocenters. The van der Waals surface area contributed by atoms with Crippen LogP contribution in [0.4, 0.5) is 0 Å². The normalized spacial score (nSPS) is 20.1. The summed E-state index contributed by atoms with van der Waals surface area (Å²) in [5.41, 5.74) is 1.06. The number of ketones is 1. The maximum absolute atomic E-state index is 11.7. The third-order valence-corrected chi connectivity index (χ3v) is 3.35. The Morgan fingerprint density at radius 3 is 2.63 bits per heavy atom. The summed E-state index contributed by atoms with van der Waals surface area (Å²) in [5, 5.41) is 10.2. The predicted molar refractivity (Wildman–Crippen MR) is 69.6 cm³/mol. The lowest BCUT2D eigenvalue weighted by Gasteiger charge is -2.22. The fourth-order valence-corrected chi connectivity index (χ4v) is 2.22. The van der Waals surface area contributed by atoms with E-state index in [-0.39, 0.29) is 5.78 Å². The first-order chi connectivity index (χ1) is 9.13. The van der Waals surface area contributed by atoms with Gasteiger partial charge in [-0.15, -0.1) is 0 Å². The van der Waals surface area contributed by atoms with Crippen LogP contribution >= 0.6 is 0 Å². The van der Waals surface area contributed by atoms with Gasteiger partial charge in [0, 0.05) is 0 Å². The molecule has 0 amide bonds. The Morgan fingerprint density at radius 2 is 2.05 bits per heavy atom. The number of rotatable bonds is 3. The lowest BCUT2D eigenvalue weighted by molar-refractivity contribution is -0.122. The number of ether oxygens (including phenoxy) is 1. The van der Waals surface area contributed by atoms with Crippen LogP contribution in [0, 0.1) is 5.92 Å². The van der Waals surface area contributed by atoms with E-state index >= 15 is 0 Å². The minimum atomic E-state index is -0.829. The van der Waals surface area contributed by atoms with Crippen LogP contribution < -0.4 is 0 Å². The van der Waals surface area contributed by atoms with Crippen LogP contribution in [0.3, 0.4) is 0 Å². The molecule has 100 valence electrons. The van der Waals surface area contributed by atoms with Crippen molar-refractivity contribution in [3.05, 3.63) is 47.5 Å². The summed E-state index contributed by atoms with van der Waals surface area (Å²) in [6.45, 7) is 0. The Morgan fingerprint density at radius 1 is 1.37 bits per heavy atom. The average Bonchev–Trinajstić information content (AvgIpc) is 2.46. The van der Waals surface area contributed by atoms with Gasteiger partial charge in [-0.25, -0.2) is 4.79 Å². The molecule has 1 aromatic rings. The van der Waals surface area contributed by atoms with Crippen LogP contribution in [0.25, 0.3) is 0 Å². The molecule has 0 radical (unpaired) electrons. The summed E-state index contributed by atoms with van der Waals surface area (Å²) in [6.07, 6.45) is 3.97. The molecule has 1 aliphatic rings. The topological polar surface area (TPSA) is 63.6 Å². The van der Waals surface area contributed by atoms with Crippen molar-refractivity contribution in [2.24, 2.45) is 5.92 Å². The first kappa shape index (κ1) is 13.5. The molecule has 4 nitrogen and oxygen atoms in total. The van der Waals surface area contributed by atoms with Gasteiger partial charge in [0.15, 0.2) is 5.78 Å². The molecule has 0 aliphatic heterocycles. The Kier molecular flexibility index (Phi) is 4.12. The summed E-state index contributed by atoms with van der Waals surface area (Å²) in [7, 11) is 1.32. The van der Waals surface area contributed by atoms with Gasteiger partial charge in [0.05, 0.1) is 24.7 Å². The fraction of sp³-hybridized carbons (Fsp3) is 0.333. The van der Waals surface area contributed by atoms with Crippen molar-refractivity contribution >= 4 is 11.8 Å². The molecular weight excluding hydrogens is 244 g/mol. The van der Waals surface area contributed by atoms with Crippen molar-refractivity contribution in [1.82, 2.24) is 0 Å². The van der Waals surface area contributed by atoms with Crippen LogP contribution in [0.15, 0.2) is 36.4 Å². The smallest absolute Gasteiger partial charge is 0.337 e. The summed E-state index contributed by atoms with van der Waals surface area (Å²) in [5.74, 6) is -0.859. The van der Waals surface area contributed by atoms with Gasteiger partial charge in [0.2, 0.25) is 0 Å². The first-order valence-corrected chi connectivity index (χ1v) is 6.20. The highest BCUT2D eigenvalue weighted by molar-refractivity contribution is 5.93. The quantitative estimate of drug-likeness (QED) is 0.845. The molecule has 0 saturated heterocycles. The van der Waals surface area contributed by atoms with Gasteiger partial charge < -0.3 is 9.84 Å². The second-order valence-corrected chi connectivity index (χ2v) is 4.55. The van der Waals surface area contributed by atoms with Gasteiger partial charge in [0.25, 0.3) is 0 Å². The molecule has 1 aromatic carbocycles. The van der Waals surface area contributed by atoms with E-state index in [9.17, 15) is 14.7 Å². The van der Waals surface area contributed by atoms with Crippen LogP contribution in [0.1, 0.15) is 34.9 Å². The minimum Gasteiger partial charge on any atom is -0.465 e. The second-order valence-electron chi connectivity index (χ2n) is 4.55.